The Morgan fingerprint density at radius 1 is 0.889 bits per heavy atom. The van der Waals surface area contributed by atoms with Gasteiger partial charge in [0.25, 0.3) is 6.33 Å². The molecule has 90 valence electrons. The molecule has 0 aliphatic rings. The minimum atomic E-state index is 0. The van der Waals surface area contributed by atoms with E-state index in [9.17, 15) is 0 Å². The zero-order valence-electron chi connectivity index (χ0n) is 10.0. The van der Waals surface area contributed by atoms with Crippen LogP contribution in [-0.4, -0.2) is 4.98 Å². The van der Waals surface area contributed by atoms with Gasteiger partial charge in [-0.3, -0.25) is 0 Å². The predicted octanol–water partition coefficient (Wildman–Crippen LogP) is -0.270. The lowest BCUT2D eigenvalue weighted by atomic mass is 10.1. The number of rotatable bonds is 1. The summed E-state index contributed by atoms with van der Waals surface area (Å²) >= 11 is 0. The smallest absolute Gasteiger partial charge is 0.287 e. The third kappa shape index (κ3) is 2.22. The topological polar surface area (TPSA) is 16.8 Å². The molecule has 2 nitrogen and oxygen atoms in total. The van der Waals surface area contributed by atoms with Gasteiger partial charge in [-0.15, -0.1) is 0 Å². The number of aryl methyl sites for hydroxylation is 1. The zero-order chi connectivity index (χ0) is 11.7. The maximum absolute atomic E-state index is 4.54. The highest BCUT2D eigenvalue weighted by Gasteiger charge is 2.12. The summed E-state index contributed by atoms with van der Waals surface area (Å²) in [6, 6.07) is 18.6. The SMILES string of the molecule is C[n+]1cnc(-c2ccccc2)c2ccccc21.[I-]. The highest BCUT2D eigenvalue weighted by Crippen LogP contribution is 2.23. The van der Waals surface area contributed by atoms with E-state index in [1.165, 1.54) is 10.9 Å². The fourth-order valence-corrected chi connectivity index (χ4v) is 2.08. The van der Waals surface area contributed by atoms with Crippen molar-refractivity contribution in [3.8, 4) is 11.3 Å². The predicted molar refractivity (Wildman–Crippen MR) is 68.4 cm³/mol. The number of nitrogens with zero attached hydrogens (tertiary/aromatic N) is 2. The van der Waals surface area contributed by atoms with Crippen molar-refractivity contribution < 1.29 is 28.5 Å². The summed E-state index contributed by atoms with van der Waals surface area (Å²) in [6.07, 6.45) is 1.87. The second-order valence-corrected chi connectivity index (χ2v) is 4.09. The molecule has 0 saturated heterocycles. The molecule has 0 spiro atoms. The first-order valence-corrected chi connectivity index (χ1v) is 5.65. The molecule has 0 N–H and O–H groups in total. The van der Waals surface area contributed by atoms with Crippen molar-refractivity contribution in [3.05, 3.63) is 60.9 Å². The van der Waals surface area contributed by atoms with Crippen molar-refractivity contribution in [2.24, 2.45) is 7.05 Å². The van der Waals surface area contributed by atoms with E-state index in [0.717, 1.165) is 11.3 Å². The van der Waals surface area contributed by atoms with Crippen molar-refractivity contribution in [3.63, 3.8) is 0 Å². The summed E-state index contributed by atoms with van der Waals surface area (Å²) in [5.74, 6) is 0. The molecule has 18 heavy (non-hydrogen) atoms. The van der Waals surface area contributed by atoms with Crippen LogP contribution < -0.4 is 28.5 Å². The maximum atomic E-state index is 4.54. The van der Waals surface area contributed by atoms with E-state index in [1.54, 1.807) is 0 Å². The molecule has 0 unspecified atom stereocenters. The Morgan fingerprint density at radius 2 is 1.56 bits per heavy atom. The highest BCUT2D eigenvalue weighted by atomic mass is 127. The van der Waals surface area contributed by atoms with Gasteiger partial charge in [0.15, 0.2) is 5.69 Å². The van der Waals surface area contributed by atoms with Gasteiger partial charge in [-0.2, -0.15) is 0 Å². The molecule has 0 bridgehead atoms. The van der Waals surface area contributed by atoms with Crippen LogP contribution in [0.4, 0.5) is 0 Å². The van der Waals surface area contributed by atoms with Gasteiger partial charge in [-0.1, -0.05) is 42.5 Å². The molecule has 3 rings (SSSR count). The lowest BCUT2D eigenvalue weighted by molar-refractivity contribution is -0.647. The van der Waals surface area contributed by atoms with Crippen molar-refractivity contribution in [2.45, 2.75) is 0 Å². The number of para-hydroxylation sites is 1. The quantitative estimate of drug-likeness (QED) is 0.437. The van der Waals surface area contributed by atoms with E-state index in [4.69, 9.17) is 0 Å². The average Bonchev–Trinajstić information content (AvgIpc) is 2.41. The van der Waals surface area contributed by atoms with Gasteiger partial charge in [0, 0.05) is 5.56 Å². The Morgan fingerprint density at radius 3 is 2.33 bits per heavy atom. The summed E-state index contributed by atoms with van der Waals surface area (Å²) in [7, 11) is 2.02. The van der Waals surface area contributed by atoms with Gasteiger partial charge in [0.05, 0.1) is 12.4 Å². The Balaban J connectivity index is 0.00000120. The molecule has 1 heterocycles. The highest BCUT2D eigenvalue weighted by molar-refractivity contribution is 5.90. The maximum Gasteiger partial charge on any atom is 0.287 e. The van der Waals surface area contributed by atoms with E-state index >= 15 is 0 Å². The van der Waals surface area contributed by atoms with Crippen LogP contribution in [-0.2, 0) is 7.05 Å². The van der Waals surface area contributed by atoms with Crippen LogP contribution >= 0.6 is 0 Å². The summed E-state index contributed by atoms with van der Waals surface area (Å²) in [5, 5.41) is 1.18. The van der Waals surface area contributed by atoms with Crippen molar-refractivity contribution in [1.82, 2.24) is 4.98 Å². The van der Waals surface area contributed by atoms with Crippen molar-refractivity contribution in [1.29, 1.82) is 0 Å². The van der Waals surface area contributed by atoms with Crippen LogP contribution in [0.2, 0.25) is 0 Å². The third-order valence-electron chi connectivity index (χ3n) is 2.95. The minimum absolute atomic E-state index is 0. The summed E-state index contributed by atoms with van der Waals surface area (Å²) in [6.45, 7) is 0. The van der Waals surface area contributed by atoms with Crippen LogP contribution in [0.15, 0.2) is 60.9 Å². The summed E-state index contributed by atoms with van der Waals surface area (Å²) in [4.78, 5) is 4.54. The van der Waals surface area contributed by atoms with Crippen LogP contribution in [0.1, 0.15) is 0 Å². The molecule has 1 aromatic heterocycles. The van der Waals surface area contributed by atoms with E-state index < -0.39 is 0 Å². The fraction of sp³-hybridized carbons (Fsp3) is 0.0667. The third-order valence-corrected chi connectivity index (χ3v) is 2.95. The lowest BCUT2D eigenvalue weighted by Gasteiger charge is -2.02. The second-order valence-electron chi connectivity index (χ2n) is 4.09. The van der Waals surface area contributed by atoms with Gasteiger partial charge in [0.1, 0.15) is 5.52 Å². The van der Waals surface area contributed by atoms with Crippen LogP contribution in [0, 0.1) is 0 Å². The Kier molecular flexibility index (Phi) is 3.91. The van der Waals surface area contributed by atoms with Crippen LogP contribution in [0.3, 0.4) is 0 Å². The number of halogens is 1. The van der Waals surface area contributed by atoms with Gasteiger partial charge in [0.2, 0.25) is 0 Å². The van der Waals surface area contributed by atoms with E-state index in [1.807, 2.05) is 36.1 Å². The Labute approximate surface area is 123 Å². The largest absolute Gasteiger partial charge is 1.00 e. The van der Waals surface area contributed by atoms with Gasteiger partial charge < -0.3 is 24.0 Å². The molecule has 0 fully saturated rings. The molecule has 0 saturated carbocycles. The summed E-state index contributed by atoms with van der Waals surface area (Å²) in [5.41, 5.74) is 3.39. The number of aromatic nitrogens is 2. The molecule has 0 atom stereocenters. The first-order chi connectivity index (χ1) is 8.36. The molecular formula is C15H13IN2. The van der Waals surface area contributed by atoms with Crippen molar-refractivity contribution >= 4 is 10.9 Å². The van der Waals surface area contributed by atoms with Gasteiger partial charge in [-0.05, 0) is 17.1 Å². The molecular weight excluding hydrogens is 335 g/mol. The van der Waals surface area contributed by atoms with Crippen LogP contribution in [0.25, 0.3) is 22.2 Å². The molecule has 3 heteroatoms. The Bertz CT molecular complexity index is 666. The second kappa shape index (κ2) is 5.44. The average molecular weight is 348 g/mol. The molecule has 0 radical (unpaired) electrons. The van der Waals surface area contributed by atoms with E-state index in [-0.39, 0.29) is 24.0 Å². The first kappa shape index (κ1) is 13.0. The molecule has 0 aliphatic carbocycles. The van der Waals surface area contributed by atoms with Crippen molar-refractivity contribution in [2.75, 3.05) is 0 Å². The monoisotopic (exact) mass is 348 g/mol. The standard InChI is InChI=1S/C15H13N2.HI/c1-17-11-16-15(12-7-3-2-4-8-12)13-9-5-6-10-14(13)17;/h2-11H,1H3;1H/q+1;/p-1. The normalized spacial score (nSPS) is 10.1. The fourth-order valence-electron chi connectivity index (χ4n) is 2.08. The molecule has 0 aliphatic heterocycles. The van der Waals surface area contributed by atoms with Crippen LogP contribution in [0.5, 0.6) is 0 Å². The van der Waals surface area contributed by atoms with Gasteiger partial charge in [-0.25, -0.2) is 4.57 Å². The number of hydrogen-bond donors (Lipinski definition) is 0. The minimum Gasteiger partial charge on any atom is -1.00 e. The van der Waals surface area contributed by atoms with Gasteiger partial charge >= 0.3 is 0 Å². The first-order valence-electron chi connectivity index (χ1n) is 5.65. The number of hydrogen-bond acceptors (Lipinski definition) is 1. The van der Waals surface area contributed by atoms with E-state index in [0.29, 0.717) is 0 Å². The Hall–Kier alpha value is -1.49. The number of benzene rings is 2. The van der Waals surface area contributed by atoms with E-state index in [2.05, 4.69) is 41.4 Å². The molecule has 2 aromatic carbocycles. The number of fused-ring (bicyclic) bond motifs is 1. The lowest BCUT2D eigenvalue weighted by Crippen LogP contribution is -3.00. The molecule has 3 aromatic rings. The molecule has 0 amide bonds. The zero-order valence-corrected chi connectivity index (χ0v) is 12.2. The summed E-state index contributed by atoms with van der Waals surface area (Å²) < 4.78 is 2.04.